The number of aromatic carboxylic acids is 1. The first-order valence-electron chi connectivity index (χ1n) is 14.7. The number of nitriles is 1. The summed E-state index contributed by atoms with van der Waals surface area (Å²) in [5, 5.41) is 18.6. The maximum absolute atomic E-state index is 14.9. The number of carbonyl (C=O) groups is 1. The summed E-state index contributed by atoms with van der Waals surface area (Å²) in [7, 11) is 0. The van der Waals surface area contributed by atoms with Crippen LogP contribution in [-0.2, 0) is 23.6 Å². The van der Waals surface area contributed by atoms with Crippen molar-refractivity contribution in [3.05, 3.63) is 88.2 Å². The third kappa shape index (κ3) is 4.24. The number of benzene rings is 3. The minimum Gasteiger partial charge on any atom is -0.478 e. The van der Waals surface area contributed by atoms with Gasteiger partial charge in [-0.15, -0.1) is 0 Å². The molecule has 3 aromatic carbocycles. The highest BCUT2D eigenvalue weighted by atomic mass is 19.1. The number of imidazole rings is 1. The molecule has 5 atom stereocenters. The third-order valence-electron chi connectivity index (χ3n) is 9.51. The van der Waals surface area contributed by atoms with Gasteiger partial charge in [-0.25, -0.2) is 18.6 Å². The van der Waals surface area contributed by atoms with Crippen LogP contribution in [0.3, 0.4) is 0 Å². The largest absolute Gasteiger partial charge is 0.478 e. The van der Waals surface area contributed by atoms with Crippen molar-refractivity contribution < 1.29 is 32.9 Å². The number of fused-ring (bicyclic) bond motifs is 3. The van der Waals surface area contributed by atoms with Gasteiger partial charge >= 0.3 is 5.97 Å². The van der Waals surface area contributed by atoms with Crippen molar-refractivity contribution in [1.29, 1.82) is 5.26 Å². The third-order valence-corrected chi connectivity index (χ3v) is 9.51. The summed E-state index contributed by atoms with van der Waals surface area (Å²) < 4.78 is 49.9. The molecule has 1 aromatic heterocycles. The van der Waals surface area contributed by atoms with Crippen molar-refractivity contribution in [1.82, 2.24) is 14.5 Å². The van der Waals surface area contributed by atoms with Crippen LogP contribution < -0.4 is 9.47 Å². The van der Waals surface area contributed by atoms with Crippen LogP contribution in [0, 0.1) is 34.8 Å². The normalized spacial score (nSPS) is 26.8. The Bertz CT molecular complexity index is 1890. The number of nitrogens with zero attached hydrogens (tertiary/aromatic N) is 4. The summed E-state index contributed by atoms with van der Waals surface area (Å²) >= 11 is 0. The van der Waals surface area contributed by atoms with E-state index in [9.17, 15) is 18.7 Å². The Labute approximate surface area is 251 Å². The van der Waals surface area contributed by atoms with Crippen LogP contribution in [0.25, 0.3) is 11.0 Å². The summed E-state index contributed by atoms with van der Waals surface area (Å²) in [6, 6.07) is 14.5. The van der Waals surface area contributed by atoms with Gasteiger partial charge in [0.1, 0.15) is 17.2 Å². The molecule has 2 saturated heterocycles. The summed E-state index contributed by atoms with van der Waals surface area (Å²) in [6.45, 7) is 4.98. The van der Waals surface area contributed by atoms with Gasteiger partial charge < -0.3 is 23.9 Å². The lowest BCUT2D eigenvalue weighted by molar-refractivity contribution is -0.0710. The first kappa shape index (κ1) is 27.0. The fourth-order valence-electron chi connectivity index (χ4n) is 7.19. The summed E-state index contributed by atoms with van der Waals surface area (Å²) in [6.07, 6.45) is 0.879. The summed E-state index contributed by atoms with van der Waals surface area (Å²) in [5.74, 6) is -0.857. The predicted molar refractivity (Wildman–Crippen MR) is 152 cm³/mol. The Morgan fingerprint density at radius 2 is 1.93 bits per heavy atom. The van der Waals surface area contributed by atoms with Crippen molar-refractivity contribution in [2.45, 2.75) is 44.2 Å². The molecule has 0 amide bonds. The quantitative estimate of drug-likeness (QED) is 0.311. The SMILES string of the molecule is C[C@@]1(c2ccc(C#N)cc2F)Oc2cccc([C@H]3[C@@H]4CN(Cc5nc6c(F)cc(C(=O)O)cc6n5C[C@@H]5CCO5)C[C@@H]43)c2O1. The second kappa shape index (κ2) is 9.74. The molecule has 1 N–H and O–H groups in total. The van der Waals surface area contributed by atoms with Crippen LogP contribution in [0.15, 0.2) is 48.5 Å². The lowest BCUT2D eigenvalue weighted by Gasteiger charge is -2.28. The van der Waals surface area contributed by atoms with Crippen molar-refractivity contribution in [2.24, 2.45) is 11.8 Å². The Hall–Kier alpha value is -4.53. The van der Waals surface area contributed by atoms with Crippen molar-refractivity contribution >= 4 is 17.0 Å². The molecule has 1 saturated carbocycles. The van der Waals surface area contributed by atoms with Gasteiger partial charge in [-0.3, -0.25) is 4.90 Å². The van der Waals surface area contributed by atoms with Crippen molar-refractivity contribution in [3.8, 4) is 17.6 Å². The number of rotatable bonds is 7. The number of hydrogen-bond acceptors (Lipinski definition) is 7. The second-order valence-electron chi connectivity index (χ2n) is 12.2. The molecule has 3 aliphatic heterocycles. The van der Waals surface area contributed by atoms with E-state index in [4.69, 9.17) is 19.5 Å². The number of piperidine rings is 1. The summed E-state index contributed by atoms with van der Waals surface area (Å²) in [4.78, 5) is 18.5. The molecule has 44 heavy (non-hydrogen) atoms. The zero-order valence-electron chi connectivity index (χ0n) is 23.8. The first-order chi connectivity index (χ1) is 21.2. The number of likely N-dealkylation sites (tertiary alicyclic amines) is 1. The molecule has 0 spiro atoms. The van der Waals surface area contributed by atoms with Crippen LogP contribution in [0.1, 0.15) is 52.1 Å². The Balaban J connectivity index is 1.01. The highest BCUT2D eigenvalue weighted by molar-refractivity contribution is 5.92. The number of halogens is 2. The number of para-hydroxylation sites is 1. The molecule has 9 nitrogen and oxygen atoms in total. The van der Waals surface area contributed by atoms with E-state index >= 15 is 0 Å². The number of hydrogen-bond donors (Lipinski definition) is 1. The molecule has 0 unspecified atom stereocenters. The molecule has 3 fully saturated rings. The molecule has 11 heteroatoms. The van der Waals surface area contributed by atoms with Crippen LogP contribution in [0.5, 0.6) is 11.5 Å². The molecular weight excluding hydrogens is 570 g/mol. The fourth-order valence-corrected chi connectivity index (χ4v) is 7.19. The number of ether oxygens (including phenoxy) is 3. The monoisotopic (exact) mass is 598 g/mol. The van der Waals surface area contributed by atoms with Crippen LogP contribution in [0.2, 0.25) is 0 Å². The van der Waals surface area contributed by atoms with Crippen molar-refractivity contribution in [2.75, 3.05) is 19.7 Å². The van der Waals surface area contributed by atoms with E-state index in [0.29, 0.717) is 54.4 Å². The van der Waals surface area contributed by atoms with E-state index in [2.05, 4.69) is 9.88 Å². The molecule has 8 rings (SSSR count). The molecule has 4 aliphatic rings. The van der Waals surface area contributed by atoms with E-state index in [0.717, 1.165) is 31.1 Å². The van der Waals surface area contributed by atoms with Gasteiger partial charge in [0.05, 0.1) is 47.5 Å². The Kier molecular flexibility index (Phi) is 5.99. The fraction of sp³-hybridized carbons (Fsp3) is 0.364. The first-order valence-corrected chi connectivity index (χ1v) is 14.7. The number of carboxylic acids is 1. The van der Waals surface area contributed by atoms with Crippen LogP contribution in [-0.4, -0.2) is 51.3 Å². The smallest absolute Gasteiger partial charge is 0.335 e. The standard InChI is InChI=1S/C33H28F2N4O5/c1-33(23-6-5-17(12-36)9-24(23)34)43-27-4-2-3-20(31(27)44-33)29-21-14-38(15-22(21)29)16-28-37-30-25(35)10-18(32(40)41)11-26(30)39(28)13-19-7-8-42-19/h2-6,9-11,19,21-22,29H,7-8,13-16H2,1H3,(H,40,41)/t19-,21-,22+,29+,33+/m0/s1. The van der Waals surface area contributed by atoms with E-state index < -0.39 is 23.4 Å². The number of carboxylic acid groups (broad SMARTS) is 1. The van der Waals surface area contributed by atoms with E-state index in [1.54, 1.807) is 13.0 Å². The Morgan fingerprint density at radius 1 is 1.14 bits per heavy atom. The minimum atomic E-state index is -1.36. The average molecular weight is 599 g/mol. The second-order valence-corrected chi connectivity index (χ2v) is 12.2. The maximum Gasteiger partial charge on any atom is 0.335 e. The lowest BCUT2D eigenvalue weighted by atomic mass is 10.0. The molecule has 4 heterocycles. The van der Waals surface area contributed by atoms with E-state index in [1.165, 1.54) is 18.2 Å². The predicted octanol–water partition coefficient (Wildman–Crippen LogP) is 5.16. The van der Waals surface area contributed by atoms with E-state index in [1.807, 2.05) is 28.8 Å². The zero-order chi connectivity index (χ0) is 30.3. The zero-order valence-corrected chi connectivity index (χ0v) is 23.8. The van der Waals surface area contributed by atoms with Gasteiger partial charge in [0, 0.05) is 32.2 Å². The lowest BCUT2D eigenvalue weighted by Crippen LogP contribution is -2.33. The van der Waals surface area contributed by atoms with Gasteiger partial charge in [-0.05, 0) is 60.6 Å². The van der Waals surface area contributed by atoms with Gasteiger partial charge in [0.25, 0.3) is 5.79 Å². The van der Waals surface area contributed by atoms with Gasteiger partial charge in [0.15, 0.2) is 17.3 Å². The topological polar surface area (TPSA) is 110 Å². The number of aromatic nitrogens is 2. The highest BCUT2D eigenvalue weighted by Gasteiger charge is 2.58. The van der Waals surface area contributed by atoms with Crippen LogP contribution >= 0.6 is 0 Å². The van der Waals surface area contributed by atoms with Gasteiger partial charge in [-0.2, -0.15) is 5.26 Å². The van der Waals surface area contributed by atoms with Gasteiger partial charge in [0.2, 0.25) is 0 Å². The summed E-state index contributed by atoms with van der Waals surface area (Å²) in [5.41, 5.74) is 2.01. The maximum atomic E-state index is 14.9. The highest BCUT2D eigenvalue weighted by Crippen LogP contribution is 2.62. The molecule has 0 bridgehead atoms. The minimum absolute atomic E-state index is 0.00936. The molecular formula is C33H28F2N4O5. The molecule has 4 aromatic rings. The van der Waals surface area contributed by atoms with Crippen molar-refractivity contribution in [3.63, 3.8) is 0 Å². The molecule has 224 valence electrons. The average Bonchev–Trinajstić information content (AvgIpc) is 3.26. The molecule has 1 aliphatic carbocycles. The van der Waals surface area contributed by atoms with Gasteiger partial charge in [-0.1, -0.05) is 12.1 Å². The van der Waals surface area contributed by atoms with Crippen LogP contribution in [0.4, 0.5) is 8.78 Å². The Morgan fingerprint density at radius 3 is 2.61 bits per heavy atom. The van der Waals surface area contributed by atoms with E-state index in [-0.39, 0.29) is 34.2 Å². The molecule has 0 radical (unpaired) electrons.